The molecule has 4 heteroatoms. The Hall–Kier alpha value is -1.84. The van der Waals surface area contributed by atoms with Gasteiger partial charge in [-0.2, -0.15) is 0 Å². The van der Waals surface area contributed by atoms with Crippen molar-refractivity contribution in [3.05, 3.63) is 47.8 Å². The number of aryl methyl sites for hydroxylation is 1. The van der Waals surface area contributed by atoms with E-state index in [2.05, 4.69) is 15.3 Å². The average Bonchev–Trinajstić information content (AvgIpc) is 2.69. The Morgan fingerprint density at radius 1 is 1.47 bits per heavy atom. The van der Waals surface area contributed by atoms with Crippen molar-refractivity contribution < 1.29 is 4.39 Å². The SMILES string of the molecule is Cc1cc(F)ccc1NCc1cnc[nH]1. The summed E-state index contributed by atoms with van der Waals surface area (Å²) in [5.74, 6) is -0.209. The van der Waals surface area contributed by atoms with E-state index in [0.29, 0.717) is 6.54 Å². The first-order valence-electron chi connectivity index (χ1n) is 4.73. The summed E-state index contributed by atoms with van der Waals surface area (Å²) < 4.78 is 12.8. The highest BCUT2D eigenvalue weighted by Crippen LogP contribution is 2.16. The minimum absolute atomic E-state index is 0.209. The number of hydrogen-bond donors (Lipinski definition) is 2. The zero-order valence-corrected chi connectivity index (χ0v) is 8.42. The molecule has 1 aromatic heterocycles. The molecule has 0 saturated heterocycles. The zero-order chi connectivity index (χ0) is 10.7. The smallest absolute Gasteiger partial charge is 0.123 e. The topological polar surface area (TPSA) is 40.7 Å². The fourth-order valence-electron chi connectivity index (χ4n) is 1.40. The summed E-state index contributed by atoms with van der Waals surface area (Å²) in [6, 6.07) is 4.69. The predicted molar refractivity (Wildman–Crippen MR) is 57.1 cm³/mol. The molecule has 0 bridgehead atoms. The van der Waals surface area contributed by atoms with E-state index in [1.165, 1.54) is 12.1 Å². The van der Waals surface area contributed by atoms with Crippen LogP contribution in [0.2, 0.25) is 0 Å². The average molecular weight is 205 g/mol. The highest BCUT2D eigenvalue weighted by molar-refractivity contribution is 5.50. The first-order chi connectivity index (χ1) is 7.25. The van der Waals surface area contributed by atoms with Gasteiger partial charge in [0.25, 0.3) is 0 Å². The van der Waals surface area contributed by atoms with Crippen LogP contribution in [0.3, 0.4) is 0 Å². The maximum atomic E-state index is 12.8. The van der Waals surface area contributed by atoms with Gasteiger partial charge in [-0.1, -0.05) is 0 Å². The Balaban J connectivity index is 2.05. The van der Waals surface area contributed by atoms with Crippen molar-refractivity contribution >= 4 is 5.69 Å². The summed E-state index contributed by atoms with van der Waals surface area (Å²) in [5, 5.41) is 3.20. The van der Waals surface area contributed by atoms with Gasteiger partial charge in [0.1, 0.15) is 5.82 Å². The molecule has 0 aliphatic rings. The third-order valence-electron chi connectivity index (χ3n) is 2.21. The van der Waals surface area contributed by atoms with Gasteiger partial charge in [0.15, 0.2) is 0 Å². The molecule has 0 aliphatic heterocycles. The quantitative estimate of drug-likeness (QED) is 0.808. The number of H-pyrrole nitrogens is 1. The molecular formula is C11H12FN3. The Morgan fingerprint density at radius 3 is 3.00 bits per heavy atom. The molecule has 2 rings (SSSR count). The van der Waals surface area contributed by atoms with Crippen LogP contribution in [0.5, 0.6) is 0 Å². The predicted octanol–water partition coefficient (Wildman–Crippen LogP) is 2.47. The van der Waals surface area contributed by atoms with Gasteiger partial charge in [0, 0.05) is 11.9 Å². The van der Waals surface area contributed by atoms with Crippen LogP contribution in [0.4, 0.5) is 10.1 Å². The maximum Gasteiger partial charge on any atom is 0.123 e. The van der Waals surface area contributed by atoms with Crippen LogP contribution >= 0.6 is 0 Å². The second-order valence-corrected chi connectivity index (χ2v) is 3.39. The van der Waals surface area contributed by atoms with Crippen LogP contribution in [0.25, 0.3) is 0 Å². The van der Waals surface area contributed by atoms with E-state index >= 15 is 0 Å². The van der Waals surface area contributed by atoms with E-state index in [0.717, 1.165) is 16.9 Å². The van der Waals surface area contributed by atoms with Gasteiger partial charge < -0.3 is 10.3 Å². The molecule has 78 valence electrons. The third-order valence-corrected chi connectivity index (χ3v) is 2.21. The number of aromatic amines is 1. The normalized spacial score (nSPS) is 10.3. The molecule has 1 aromatic carbocycles. The molecule has 15 heavy (non-hydrogen) atoms. The lowest BCUT2D eigenvalue weighted by molar-refractivity contribution is 0.627. The van der Waals surface area contributed by atoms with Crippen molar-refractivity contribution in [2.45, 2.75) is 13.5 Å². The number of hydrogen-bond acceptors (Lipinski definition) is 2. The second kappa shape index (κ2) is 4.13. The first-order valence-corrected chi connectivity index (χ1v) is 4.73. The number of benzene rings is 1. The van der Waals surface area contributed by atoms with Gasteiger partial charge in [-0.25, -0.2) is 9.37 Å². The van der Waals surface area contributed by atoms with E-state index in [4.69, 9.17) is 0 Å². The first kappa shape index (κ1) is 9.71. The minimum Gasteiger partial charge on any atom is -0.379 e. The lowest BCUT2D eigenvalue weighted by Gasteiger charge is -2.07. The summed E-state index contributed by atoms with van der Waals surface area (Å²) in [4.78, 5) is 6.91. The van der Waals surface area contributed by atoms with Gasteiger partial charge in [0.2, 0.25) is 0 Å². The van der Waals surface area contributed by atoms with Crippen molar-refractivity contribution in [3.63, 3.8) is 0 Å². The maximum absolute atomic E-state index is 12.8. The fraction of sp³-hybridized carbons (Fsp3) is 0.182. The van der Waals surface area contributed by atoms with Crippen LogP contribution in [0.15, 0.2) is 30.7 Å². The van der Waals surface area contributed by atoms with Gasteiger partial charge in [0.05, 0.1) is 18.6 Å². The standard InChI is InChI=1S/C11H12FN3/c1-8-4-9(12)2-3-11(8)14-6-10-5-13-7-15-10/h2-5,7,14H,6H2,1H3,(H,13,15). The van der Waals surface area contributed by atoms with Crippen molar-refractivity contribution in [1.29, 1.82) is 0 Å². The molecule has 2 N–H and O–H groups in total. The Labute approximate surface area is 87.4 Å². The minimum atomic E-state index is -0.209. The van der Waals surface area contributed by atoms with Crippen molar-refractivity contribution in [2.24, 2.45) is 0 Å². The monoisotopic (exact) mass is 205 g/mol. The largest absolute Gasteiger partial charge is 0.379 e. The highest BCUT2D eigenvalue weighted by Gasteiger charge is 1.99. The highest BCUT2D eigenvalue weighted by atomic mass is 19.1. The van der Waals surface area contributed by atoms with Gasteiger partial charge in [-0.05, 0) is 30.7 Å². The van der Waals surface area contributed by atoms with Crippen LogP contribution in [0, 0.1) is 12.7 Å². The fourth-order valence-corrected chi connectivity index (χ4v) is 1.40. The number of rotatable bonds is 3. The molecule has 3 nitrogen and oxygen atoms in total. The van der Waals surface area contributed by atoms with Gasteiger partial charge >= 0.3 is 0 Å². The molecule has 0 fully saturated rings. The molecule has 0 amide bonds. The van der Waals surface area contributed by atoms with E-state index in [-0.39, 0.29) is 5.82 Å². The molecule has 0 atom stereocenters. The number of halogens is 1. The second-order valence-electron chi connectivity index (χ2n) is 3.39. The number of nitrogens with one attached hydrogen (secondary N) is 2. The molecule has 0 unspecified atom stereocenters. The van der Waals surface area contributed by atoms with Gasteiger partial charge in [-0.3, -0.25) is 0 Å². The van der Waals surface area contributed by atoms with Crippen LogP contribution in [-0.4, -0.2) is 9.97 Å². The van der Waals surface area contributed by atoms with E-state index in [1.54, 1.807) is 18.6 Å². The van der Waals surface area contributed by atoms with Crippen molar-refractivity contribution in [1.82, 2.24) is 9.97 Å². The van der Waals surface area contributed by atoms with Crippen molar-refractivity contribution in [3.8, 4) is 0 Å². The number of nitrogens with zero attached hydrogens (tertiary/aromatic N) is 1. The number of aromatic nitrogens is 2. The van der Waals surface area contributed by atoms with Crippen LogP contribution in [-0.2, 0) is 6.54 Å². The Kier molecular flexibility index (Phi) is 2.67. The lowest BCUT2D eigenvalue weighted by Crippen LogP contribution is -2.01. The molecule has 0 saturated carbocycles. The summed E-state index contributed by atoms with van der Waals surface area (Å²) in [6.45, 7) is 2.53. The summed E-state index contributed by atoms with van der Waals surface area (Å²) in [7, 11) is 0. The molecular weight excluding hydrogens is 193 g/mol. The molecule has 0 spiro atoms. The van der Waals surface area contributed by atoms with Crippen LogP contribution in [0.1, 0.15) is 11.3 Å². The summed E-state index contributed by atoms with van der Waals surface area (Å²) in [6.07, 6.45) is 3.39. The van der Waals surface area contributed by atoms with Gasteiger partial charge in [-0.15, -0.1) is 0 Å². The van der Waals surface area contributed by atoms with E-state index in [9.17, 15) is 4.39 Å². The summed E-state index contributed by atoms with van der Waals surface area (Å²) in [5.41, 5.74) is 2.83. The van der Waals surface area contributed by atoms with E-state index < -0.39 is 0 Å². The Bertz CT molecular complexity index is 437. The number of imidazole rings is 1. The molecule has 0 aliphatic carbocycles. The zero-order valence-electron chi connectivity index (χ0n) is 8.42. The van der Waals surface area contributed by atoms with Crippen molar-refractivity contribution in [2.75, 3.05) is 5.32 Å². The summed E-state index contributed by atoms with van der Waals surface area (Å²) >= 11 is 0. The lowest BCUT2D eigenvalue weighted by atomic mass is 10.2. The number of anilines is 1. The molecule has 2 aromatic rings. The molecule has 0 radical (unpaired) electrons. The third kappa shape index (κ3) is 2.34. The van der Waals surface area contributed by atoms with Crippen LogP contribution < -0.4 is 5.32 Å². The molecule has 1 heterocycles. The van der Waals surface area contributed by atoms with E-state index in [1.807, 2.05) is 6.92 Å². The Morgan fingerprint density at radius 2 is 2.33 bits per heavy atom.